The predicted molar refractivity (Wildman–Crippen MR) is 70.2 cm³/mol. The first-order chi connectivity index (χ1) is 7.65. The third kappa shape index (κ3) is 4.13. The number of hydrogen-bond donors (Lipinski definition) is 1. The average molecular weight is 221 g/mol. The fourth-order valence-electron chi connectivity index (χ4n) is 1.36. The highest BCUT2D eigenvalue weighted by Crippen LogP contribution is 2.20. The second kappa shape index (κ2) is 6.41. The molecule has 1 N–H and O–H groups in total. The minimum Gasteiger partial charge on any atom is -0.491 e. The smallest absolute Gasteiger partial charge is 0.121 e. The fraction of sp³-hybridized carbons (Fsp3) is 0.571. The van der Waals surface area contributed by atoms with E-state index in [4.69, 9.17) is 4.74 Å². The Morgan fingerprint density at radius 3 is 2.56 bits per heavy atom. The van der Waals surface area contributed by atoms with Crippen molar-refractivity contribution in [3.8, 4) is 5.75 Å². The van der Waals surface area contributed by atoms with Crippen LogP contribution in [0, 0.1) is 0 Å². The van der Waals surface area contributed by atoms with Gasteiger partial charge in [0.2, 0.25) is 0 Å². The SMILES string of the molecule is CCC(C)Nc1cccc(OC(C)CC)c1. The summed E-state index contributed by atoms with van der Waals surface area (Å²) in [6.07, 6.45) is 2.43. The van der Waals surface area contributed by atoms with E-state index in [1.165, 1.54) is 0 Å². The molecule has 2 atom stereocenters. The monoisotopic (exact) mass is 221 g/mol. The Morgan fingerprint density at radius 2 is 1.94 bits per heavy atom. The first kappa shape index (κ1) is 12.9. The van der Waals surface area contributed by atoms with E-state index in [2.05, 4.69) is 45.1 Å². The zero-order valence-corrected chi connectivity index (χ0v) is 10.8. The van der Waals surface area contributed by atoms with Crippen molar-refractivity contribution in [1.82, 2.24) is 0 Å². The second-order valence-corrected chi connectivity index (χ2v) is 4.32. The van der Waals surface area contributed by atoms with Gasteiger partial charge in [-0.05, 0) is 38.8 Å². The van der Waals surface area contributed by atoms with Crippen molar-refractivity contribution in [3.05, 3.63) is 24.3 Å². The molecule has 0 radical (unpaired) electrons. The topological polar surface area (TPSA) is 21.3 Å². The molecule has 0 heterocycles. The summed E-state index contributed by atoms with van der Waals surface area (Å²) in [7, 11) is 0. The van der Waals surface area contributed by atoms with Crippen LogP contribution in [0.5, 0.6) is 5.75 Å². The molecule has 1 aromatic rings. The van der Waals surface area contributed by atoms with E-state index in [9.17, 15) is 0 Å². The zero-order chi connectivity index (χ0) is 12.0. The molecule has 0 saturated heterocycles. The lowest BCUT2D eigenvalue weighted by molar-refractivity contribution is 0.217. The number of hydrogen-bond acceptors (Lipinski definition) is 2. The molecule has 2 unspecified atom stereocenters. The van der Waals surface area contributed by atoms with Gasteiger partial charge in [0, 0.05) is 17.8 Å². The zero-order valence-electron chi connectivity index (χ0n) is 10.8. The Balaban J connectivity index is 2.63. The van der Waals surface area contributed by atoms with Gasteiger partial charge in [0.15, 0.2) is 0 Å². The molecule has 1 aromatic carbocycles. The van der Waals surface area contributed by atoms with Crippen LogP contribution in [0.15, 0.2) is 24.3 Å². The van der Waals surface area contributed by atoms with E-state index >= 15 is 0 Å². The number of anilines is 1. The highest BCUT2D eigenvalue weighted by molar-refractivity contribution is 5.48. The lowest BCUT2D eigenvalue weighted by Gasteiger charge is -2.16. The van der Waals surface area contributed by atoms with E-state index < -0.39 is 0 Å². The van der Waals surface area contributed by atoms with Gasteiger partial charge in [-0.3, -0.25) is 0 Å². The van der Waals surface area contributed by atoms with Gasteiger partial charge in [-0.15, -0.1) is 0 Å². The summed E-state index contributed by atoms with van der Waals surface area (Å²) < 4.78 is 5.78. The summed E-state index contributed by atoms with van der Waals surface area (Å²) >= 11 is 0. The Kier molecular flexibility index (Phi) is 5.17. The van der Waals surface area contributed by atoms with Gasteiger partial charge in [0.25, 0.3) is 0 Å². The van der Waals surface area contributed by atoms with E-state index in [1.54, 1.807) is 0 Å². The highest BCUT2D eigenvalue weighted by atomic mass is 16.5. The van der Waals surface area contributed by atoms with Crippen LogP contribution in [0.1, 0.15) is 40.5 Å². The fourth-order valence-corrected chi connectivity index (χ4v) is 1.36. The van der Waals surface area contributed by atoms with E-state index in [0.717, 1.165) is 24.3 Å². The normalized spacial score (nSPS) is 14.2. The quantitative estimate of drug-likeness (QED) is 0.781. The van der Waals surface area contributed by atoms with Gasteiger partial charge in [-0.25, -0.2) is 0 Å². The van der Waals surface area contributed by atoms with Crippen LogP contribution in [0.2, 0.25) is 0 Å². The molecule has 0 amide bonds. The molecular weight excluding hydrogens is 198 g/mol. The van der Waals surface area contributed by atoms with Crippen LogP contribution in [-0.4, -0.2) is 12.1 Å². The molecule has 0 spiro atoms. The molecule has 0 aromatic heterocycles. The number of rotatable bonds is 6. The van der Waals surface area contributed by atoms with Gasteiger partial charge >= 0.3 is 0 Å². The number of ether oxygens (including phenoxy) is 1. The molecule has 0 saturated carbocycles. The summed E-state index contributed by atoms with van der Waals surface area (Å²) in [6, 6.07) is 8.68. The van der Waals surface area contributed by atoms with Crippen LogP contribution < -0.4 is 10.1 Å². The van der Waals surface area contributed by atoms with Crippen molar-refractivity contribution in [2.24, 2.45) is 0 Å². The van der Waals surface area contributed by atoms with Crippen LogP contribution >= 0.6 is 0 Å². The average Bonchev–Trinajstić information content (AvgIpc) is 2.29. The minimum atomic E-state index is 0.277. The maximum Gasteiger partial charge on any atom is 0.121 e. The Hall–Kier alpha value is -1.18. The second-order valence-electron chi connectivity index (χ2n) is 4.32. The first-order valence-corrected chi connectivity index (χ1v) is 6.19. The molecular formula is C14H23NO. The molecule has 90 valence electrons. The summed E-state index contributed by atoms with van der Waals surface area (Å²) in [5, 5.41) is 3.44. The largest absolute Gasteiger partial charge is 0.491 e. The van der Waals surface area contributed by atoms with Gasteiger partial charge in [0.05, 0.1) is 6.10 Å². The maximum atomic E-state index is 5.78. The summed E-state index contributed by atoms with van der Waals surface area (Å²) in [4.78, 5) is 0. The Labute approximate surface area is 99.0 Å². The van der Waals surface area contributed by atoms with Crippen LogP contribution in [0.3, 0.4) is 0 Å². The third-order valence-electron chi connectivity index (χ3n) is 2.77. The first-order valence-electron chi connectivity index (χ1n) is 6.19. The van der Waals surface area contributed by atoms with E-state index in [0.29, 0.717) is 6.04 Å². The number of benzene rings is 1. The Bertz CT molecular complexity index is 284. The van der Waals surface area contributed by atoms with Crippen molar-refractivity contribution in [3.63, 3.8) is 0 Å². The molecule has 0 fully saturated rings. The van der Waals surface area contributed by atoms with Crippen molar-refractivity contribution in [2.45, 2.75) is 52.7 Å². The molecule has 2 heteroatoms. The number of nitrogens with one attached hydrogen (secondary N) is 1. The van der Waals surface area contributed by atoms with Crippen molar-refractivity contribution >= 4 is 5.69 Å². The summed E-state index contributed by atoms with van der Waals surface area (Å²) in [5.41, 5.74) is 1.13. The third-order valence-corrected chi connectivity index (χ3v) is 2.77. The van der Waals surface area contributed by atoms with Crippen molar-refractivity contribution in [2.75, 3.05) is 5.32 Å². The standard InChI is InChI=1S/C14H23NO/c1-5-11(3)15-13-8-7-9-14(10-13)16-12(4)6-2/h7-12,15H,5-6H2,1-4H3. The maximum absolute atomic E-state index is 5.78. The van der Waals surface area contributed by atoms with Gasteiger partial charge < -0.3 is 10.1 Å². The molecule has 16 heavy (non-hydrogen) atoms. The molecule has 0 aliphatic rings. The molecule has 1 rings (SSSR count). The summed E-state index contributed by atoms with van der Waals surface area (Å²) in [5.74, 6) is 0.947. The van der Waals surface area contributed by atoms with Gasteiger partial charge in [-0.1, -0.05) is 19.9 Å². The minimum absolute atomic E-state index is 0.277. The molecule has 2 nitrogen and oxygen atoms in total. The predicted octanol–water partition coefficient (Wildman–Crippen LogP) is 4.07. The van der Waals surface area contributed by atoms with E-state index in [1.807, 2.05) is 12.1 Å². The molecule has 0 aliphatic heterocycles. The molecule has 0 bridgehead atoms. The van der Waals surface area contributed by atoms with Crippen LogP contribution in [-0.2, 0) is 0 Å². The van der Waals surface area contributed by atoms with Gasteiger partial charge in [0.1, 0.15) is 5.75 Å². The highest BCUT2D eigenvalue weighted by Gasteiger charge is 2.03. The lowest BCUT2D eigenvalue weighted by atomic mass is 10.2. The van der Waals surface area contributed by atoms with Crippen molar-refractivity contribution < 1.29 is 4.74 Å². The lowest BCUT2D eigenvalue weighted by Crippen LogP contribution is -2.14. The van der Waals surface area contributed by atoms with Crippen molar-refractivity contribution in [1.29, 1.82) is 0 Å². The van der Waals surface area contributed by atoms with Crippen LogP contribution in [0.4, 0.5) is 5.69 Å². The van der Waals surface area contributed by atoms with Crippen LogP contribution in [0.25, 0.3) is 0 Å². The molecule has 0 aliphatic carbocycles. The van der Waals surface area contributed by atoms with Gasteiger partial charge in [-0.2, -0.15) is 0 Å². The van der Waals surface area contributed by atoms with E-state index in [-0.39, 0.29) is 6.10 Å². The Morgan fingerprint density at radius 1 is 1.19 bits per heavy atom. The summed E-state index contributed by atoms with van der Waals surface area (Å²) in [6.45, 7) is 8.58.